The first kappa shape index (κ1) is 27.4. The van der Waals surface area contributed by atoms with Gasteiger partial charge in [0, 0.05) is 43.0 Å². The smallest absolute Gasteiger partial charge is 0.225 e. The summed E-state index contributed by atoms with van der Waals surface area (Å²) in [5.74, 6) is 1.58. The molecule has 0 radical (unpaired) electrons. The maximum absolute atomic E-state index is 12.8. The first-order chi connectivity index (χ1) is 17.1. The molecule has 2 N–H and O–H groups in total. The second-order valence-corrected chi connectivity index (χ2v) is 14.6. The molecule has 1 aliphatic rings. The molecule has 1 aliphatic carbocycles. The molecule has 0 spiro atoms. The van der Waals surface area contributed by atoms with Gasteiger partial charge in [0.1, 0.15) is 10.7 Å². The molecule has 196 valence electrons. The van der Waals surface area contributed by atoms with Crippen molar-refractivity contribution in [2.24, 2.45) is 0 Å². The maximum Gasteiger partial charge on any atom is 0.225 e. The highest BCUT2D eigenvalue weighted by molar-refractivity contribution is 8.01. The summed E-state index contributed by atoms with van der Waals surface area (Å²) in [6, 6.07) is 8.75. The number of thiophene rings is 1. The molecule has 0 saturated heterocycles. The number of nitrogens with one attached hydrogen (secondary N) is 2. The molecule has 3 aromatic rings. The number of hydrogen-bond acceptors (Lipinski definition) is 9. The average molecular weight is 568 g/mol. The van der Waals surface area contributed by atoms with Crippen molar-refractivity contribution in [1.29, 1.82) is 0 Å². The summed E-state index contributed by atoms with van der Waals surface area (Å²) in [6.07, 6.45) is 5.94. The first-order valence-electron chi connectivity index (χ1n) is 12.1. The summed E-state index contributed by atoms with van der Waals surface area (Å²) in [5, 5.41) is 8.09. The van der Waals surface area contributed by atoms with Gasteiger partial charge >= 0.3 is 0 Å². The average Bonchev–Trinajstić information content (AvgIpc) is 3.18. The molecule has 36 heavy (non-hydrogen) atoms. The van der Waals surface area contributed by atoms with Gasteiger partial charge < -0.3 is 15.5 Å². The van der Waals surface area contributed by atoms with Gasteiger partial charge in [-0.1, -0.05) is 23.7 Å². The summed E-state index contributed by atoms with van der Waals surface area (Å²) in [7, 11) is 0.572. The number of sulfone groups is 1. The first-order valence-corrected chi connectivity index (χ1v) is 16.1. The van der Waals surface area contributed by atoms with Crippen LogP contribution in [0.25, 0.3) is 10.9 Å². The van der Waals surface area contributed by atoms with Crippen LogP contribution in [0.3, 0.4) is 0 Å². The highest BCUT2D eigenvalue weighted by Gasteiger charge is 2.30. The number of rotatable bonds is 9. The van der Waals surface area contributed by atoms with Crippen LogP contribution in [0.5, 0.6) is 0 Å². The zero-order valence-corrected chi connectivity index (χ0v) is 24.5. The molecule has 1 saturated carbocycles. The zero-order chi connectivity index (χ0) is 26.0. The molecule has 0 amide bonds. The molecule has 2 aromatic heterocycles. The summed E-state index contributed by atoms with van der Waals surface area (Å²) in [5.41, 5.74) is 0.936. The van der Waals surface area contributed by atoms with Crippen LogP contribution < -0.4 is 15.5 Å². The van der Waals surface area contributed by atoms with E-state index in [0.29, 0.717) is 34.5 Å². The Kier molecular flexibility index (Phi) is 8.71. The van der Waals surface area contributed by atoms with Gasteiger partial charge in [0.15, 0.2) is 9.84 Å². The van der Waals surface area contributed by atoms with Crippen molar-refractivity contribution < 1.29 is 8.42 Å². The minimum atomic E-state index is -3.43. The van der Waals surface area contributed by atoms with Crippen molar-refractivity contribution >= 4 is 67.2 Å². The van der Waals surface area contributed by atoms with Crippen molar-refractivity contribution in [1.82, 2.24) is 15.3 Å². The molecule has 1 fully saturated rings. The van der Waals surface area contributed by atoms with Crippen molar-refractivity contribution in [3.05, 3.63) is 34.2 Å². The summed E-state index contributed by atoms with van der Waals surface area (Å²) < 4.78 is 26.4. The van der Waals surface area contributed by atoms with Gasteiger partial charge in [-0.2, -0.15) is 4.98 Å². The lowest BCUT2D eigenvalue weighted by Gasteiger charge is -2.30. The van der Waals surface area contributed by atoms with E-state index in [-0.39, 0.29) is 0 Å². The fourth-order valence-corrected chi connectivity index (χ4v) is 9.08. The Hall–Kier alpha value is -1.59. The number of halogens is 1. The fraction of sp³-hybridized carbons (Fsp3) is 0.520. The number of hydrogen-bond donors (Lipinski definition) is 2. The molecular formula is C25H34ClN5O2S3. The number of aromatic nitrogens is 2. The molecule has 4 rings (SSSR count). The van der Waals surface area contributed by atoms with Gasteiger partial charge in [-0.25, -0.2) is 13.4 Å². The molecular weight excluding hydrogens is 534 g/mol. The third-order valence-electron chi connectivity index (χ3n) is 6.55. The Morgan fingerprint density at radius 2 is 1.81 bits per heavy atom. The highest BCUT2D eigenvalue weighted by Crippen LogP contribution is 2.43. The summed E-state index contributed by atoms with van der Waals surface area (Å²) >= 11 is 9.52. The summed E-state index contributed by atoms with van der Waals surface area (Å²) in [4.78, 5) is 12.7. The topological polar surface area (TPSA) is 87.2 Å². The van der Waals surface area contributed by atoms with E-state index >= 15 is 0 Å². The second kappa shape index (κ2) is 11.4. The monoisotopic (exact) mass is 567 g/mol. The molecule has 2 heterocycles. The van der Waals surface area contributed by atoms with Crippen molar-refractivity contribution in [2.75, 3.05) is 30.6 Å². The third-order valence-corrected chi connectivity index (χ3v) is 12.0. The minimum Gasteiger partial charge on any atom is -0.362 e. The van der Waals surface area contributed by atoms with Gasteiger partial charge in [-0.05, 0) is 57.9 Å². The van der Waals surface area contributed by atoms with E-state index in [1.807, 2.05) is 43.5 Å². The molecule has 7 nitrogen and oxygen atoms in total. The van der Waals surface area contributed by atoms with E-state index in [4.69, 9.17) is 21.6 Å². The van der Waals surface area contributed by atoms with Gasteiger partial charge in [0.25, 0.3) is 0 Å². The molecule has 0 aliphatic heterocycles. The van der Waals surface area contributed by atoms with Gasteiger partial charge in [0.05, 0.1) is 20.0 Å². The number of thioether (sulfide) groups is 1. The van der Waals surface area contributed by atoms with E-state index in [0.717, 1.165) is 51.5 Å². The number of benzene rings is 1. The number of para-hydroxylation sites is 1. The van der Waals surface area contributed by atoms with Crippen molar-refractivity contribution in [3.63, 3.8) is 0 Å². The SMILES string of the molecule is CSc1sc(CN[C@H]2CC[C@@H](Nc3nc(N(C)C)c4ccccc4n3)CC2)c(Cl)c1S(=O)(=O)C(C)C. The Balaban J connectivity index is 1.37. The molecule has 11 heteroatoms. The molecule has 0 bridgehead atoms. The maximum atomic E-state index is 12.8. The Morgan fingerprint density at radius 1 is 1.14 bits per heavy atom. The summed E-state index contributed by atoms with van der Waals surface area (Å²) in [6.45, 7) is 3.97. The molecule has 0 unspecified atom stereocenters. The van der Waals surface area contributed by atoms with Crippen LogP contribution in [0, 0.1) is 0 Å². The van der Waals surface area contributed by atoms with Crippen LogP contribution in [0.15, 0.2) is 33.4 Å². The standard InChI is InChI=1S/C25H34ClN5O2S3/c1-15(2)36(32,33)22-21(26)20(35-24(22)34-5)14-27-16-10-12-17(13-11-16)28-25-29-19-9-7-6-8-18(19)23(30-25)31(3)4/h6-9,15-17,27H,10-14H2,1-5H3,(H,28,29,30)/t16-,17+. The van der Waals surface area contributed by atoms with Gasteiger partial charge in [0.2, 0.25) is 5.95 Å². The van der Waals surface area contributed by atoms with E-state index in [1.54, 1.807) is 13.8 Å². The van der Waals surface area contributed by atoms with Gasteiger partial charge in [-0.15, -0.1) is 23.1 Å². The lowest BCUT2D eigenvalue weighted by Crippen LogP contribution is -2.36. The second-order valence-electron chi connectivity index (χ2n) is 9.61. The Morgan fingerprint density at radius 3 is 2.44 bits per heavy atom. The lowest BCUT2D eigenvalue weighted by atomic mass is 9.91. The Labute approximate surface area is 227 Å². The number of nitrogens with zero attached hydrogens (tertiary/aromatic N) is 3. The van der Waals surface area contributed by atoms with E-state index < -0.39 is 15.1 Å². The van der Waals surface area contributed by atoms with Crippen molar-refractivity contribution in [2.45, 2.75) is 72.5 Å². The lowest BCUT2D eigenvalue weighted by molar-refractivity contribution is 0.353. The van der Waals surface area contributed by atoms with Crippen LogP contribution in [-0.2, 0) is 16.4 Å². The quantitative estimate of drug-likeness (QED) is 0.312. The van der Waals surface area contributed by atoms with Crippen LogP contribution in [0.4, 0.5) is 11.8 Å². The van der Waals surface area contributed by atoms with E-state index in [2.05, 4.69) is 16.7 Å². The molecule has 0 atom stereocenters. The normalized spacial score (nSPS) is 18.6. The van der Waals surface area contributed by atoms with Crippen LogP contribution in [0.1, 0.15) is 44.4 Å². The predicted molar refractivity (Wildman–Crippen MR) is 154 cm³/mol. The number of fused-ring (bicyclic) bond motifs is 1. The predicted octanol–water partition coefficient (Wildman–Crippen LogP) is 5.83. The van der Waals surface area contributed by atoms with E-state index in [1.165, 1.54) is 23.1 Å². The van der Waals surface area contributed by atoms with Crippen LogP contribution in [-0.4, -0.2) is 56.1 Å². The van der Waals surface area contributed by atoms with Gasteiger partial charge in [-0.3, -0.25) is 0 Å². The number of anilines is 2. The fourth-order valence-electron chi connectivity index (χ4n) is 4.47. The van der Waals surface area contributed by atoms with E-state index in [9.17, 15) is 8.42 Å². The largest absolute Gasteiger partial charge is 0.362 e. The minimum absolute atomic E-state index is 0.300. The molecule has 1 aromatic carbocycles. The van der Waals surface area contributed by atoms with Crippen LogP contribution >= 0.6 is 34.7 Å². The Bertz CT molecular complexity index is 1320. The zero-order valence-electron chi connectivity index (χ0n) is 21.3. The highest BCUT2D eigenvalue weighted by atomic mass is 35.5. The third kappa shape index (κ3) is 5.78. The van der Waals surface area contributed by atoms with Crippen LogP contribution in [0.2, 0.25) is 5.02 Å². The van der Waals surface area contributed by atoms with Crippen molar-refractivity contribution in [3.8, 4) is 0 Å².